The molecule has 0 saturated carbocycles. The highest BCUT2D eigenvalue weighted by molar-refractivity contribution is 5.92. The number of hydrogen-bond acceptors (Lipinski definition) is 7. The highest BCUT2D eigenvalue weighted by Crippen LogP contribution is 2.34. The van der Waals surface area contributed by atoms with E-state index >= 15 is 0 Å². The van der Waals surface area contributed by atoms with Gasteiger partial charge in [-0.1, -0.05) is 0 Å². The van der Waals surface area contributed by atoms with Crippen LogP contribution in [0, 0.1) is 5.41 Å². The Kier molecular flexibility index (Phi) is 5.70. The van der Waals surface area contributed by atoms with Crippen LogP contribution in [0.3, 0.4) is 0 Å². The summed E-state index contributed by atoms with van der Waals surface area (Å²) < 4.78 is 17.7. The summed E-state index contributed by atoms with van der Waals surface area (Å²) in [6.07, 6.45) is 0.583. The number of rotatable bonds is 3. The molecular weight excluding hydrogens is 392 g/mol. The molecule has 1 aromatic heterocycles. The highest BCUT2D eigenvalue weighted by atomic mass is 16.6. The van der Waals surface area contributed by atoms with Gasteiger partial charge in [0.05, 0.1) is 43.3 Å². The molecule has 10 nitrogen and oxygen atoms in total. The van der Waals surface area contributed by atoms with Gasteiger partial charge in [-0.3, -0.25) is 19.3 Å². The van der Waals surface area contributed by atoms with Crippen LogP contribution < -0.4 is 4.90 Å². The van der Waals surface area contributed by atoms with Crippen LogP contribution in [0.15, 0.2) is 6.20 Å². The highest BCUT2D eigenvalue weighted by Gasteiger charge is 2.46. The molecule has 3 heterocycles. The number of esters is 1. The van der Waals surface area contributed by atoms with Crippen molar-refractivity contribution in [1.82, 2.24) is 14.7 Å². The summed E-state index contributed by atoms with van der Waals surface area (Å²) in [6, 6.07) is -0.127. The molecule has 2 aliphatic rings. The number of fused-ring (bicyclic) bond motifs is 1. The maximum Gasteiger partial charge on any atom is 0.414 e. The second kappa shape index (κ2) is 7.81. The van der Waals surface area contributed by atoms with Crippen molar-refractivity contribution in [2.75, 3.05) is 24.7 Å². The van der Waals surface area contributed by atoms with E-state index in [1.54, 1.807) is 29.6 Å². The van der Waals surface area contributed by atoms with Crippen LogP contribution in [-0.4, -0.2) is 64.2 Å². The van der Waals surface area contributed by atoms with Crippen molar-refractivity contribution in [1.29, 1.82) is 0 Å². The van der Waals surface area contributed by atoms with Crippen LogP contribution >= 0.6 is 0 Å². The number of hydrogen-bond donors (Lipinski definition) is 0. The molecule has 1 aromatic rings. The predicted octanol–water partition coefficient (Wildman–Crippen LogP) is 2.55. The molecule has 10 heteroatoms. The standard InChI is InChI=1S/C20H30N4O6/c1-7-28-16(25)20(6)11-23(17(26)29-12-20)14-8-21-24-9-13(2)22(10-15(14)24)18(27)30-19(3,4)5/h8,13H,7,9-12H2,1-6H3. The largest absolute Gasteiger partial charge is 0.465 e. The first kappa shape index (κ1) is 21.9. The molecule has 0 spiro atoms. The second-order valence-electron chi connectivity index (χ2n) is 9.04. The maximum atomic E-state index is 12.7. The number of carbonyl (C=O) groups excluding carboxylic acids is 3. The Labute approximate surface area is 176 Å². The monoisotopic (exact) mass is 422 g/mol. The van der Waals surface area contributed by atoms with E-state index in [9.17, 15) is 14.4 Å². The molecule has 0 aliphatic carbocycles. The molecule has 1 saturated heterocycles. The van der Waals surface area contributed by atoms with Crippen LogP contribution in [-0.2, 0) is 32.1 Å². The summed E-state index contributed by atoms with van der Waals surface area (Å²) in [6.45, 7) is 11.8. The second-order valence-corrected chi connectivity index (χ2v) is 9.04. The summed E-state index contributed by atoms with van der Waals surface area (Å²) in [5.41, 5.74) is -0.416. The minimum atomic E-state index is -0.994. The number of carbonyl (C=O) groups is 3. The molecule has 2 unspecified atom stereocenters. The Morgan fingerprint density at radius 2 is 2.07 bits per heavy atom. The number of amides is 2. The van der Waals surface area contributed by atoms with E-state index < -0.39 is 29.2 Å². The molecule has 3 rings (SSSR count). The fourth-order valence-electron chi connectivity index (χ4n) is 3.55. The molecule has 0 N–H and O–H groups in total. The molecule has 166 valence electrons. The SMILES string of the molecule is CCOC(=O)C1(C)COC(=O)N(c2cnn3c2CN(C(=O)OC(C)(C)C)C(C)C3)C1. The van der Waals surface area contributed by atoms with E-state index in [2.05, 4.69) is 5.10 Å². The van der Waals surface area contributed by atoms with Crippen LogP contribution in [0.1, 0.15) is 47.2 Å². The smallest absolute Gasteiger partial charge is 0.414 e. The Morgan fingerprint density at radius 3 is 2.70 bits per heavy atom. The maximum absolute atomic E-state index is 12.7. The Morgan fingerprint density at radius 1 is 1.37 bits per heavy atom. The zero-order valence-corrected chi connectivity index (χ0v) is 18.4. The van der Waals surface area contributed by atoms with Gasteiger partial charge in [0.2, 0.25) is 0 Å². The number of cyclic esters (lactones) is 1. The van der Waals surface area contributed by atoms with Crippen molar-refractivity contribution in [2.45, 2.75) is 66.3 Å². The lowest BCUT2D eigenvalue weighted by molar-refractivity contribution is -0.157. The Bertz CT molecular complexity index is 845. The van der Waals surface area contributed by atoms with Crippen molar-refractivity contribution in [3.05, 3.63) is 11.9 Å². The van der Waals surface area contributed by atoms with Gasteiger partial charge in [0, 0.05) is 6.54 Å². The van der Waals surface area contributed by atoms with Gasteiger partial charge < -0.3 is 14.2 Å². The third kappa shape index (κ3) is 4.22. The van der Waals surface area contributed by atoms with E-state index in [1.807, 2.05) is 27.7 Å². The minimum Gasteiger partial charge on any atom is -0.465 e. The normalized spacial score (nSPS) is 24.2. The zero-order chi connectivity index (χ0) is 22.3. The fraction of sp³-hybridized carbons (Fsp3) is 0.700. The first-order valence-corrected chi connectivity index (χ1v) is 10.1. The summed E-state index contributed by atoms with van der Waals surface area (Å²) in [5.74, 6) is -0.424. The quantitative estimate of drug-likeness (QED) is 0.545. The number of aromatic nitrogens is 2. The lowest BCUT2D eigenvalue weighted by atomic mass is 9.90. The van der Waals surface area contributed by atoms with Gasteiger partial charge in [0.15, 0.2) is 0 Å². The predicted molar refractivity (Wildman–Crippen MR) is 107 cm³/mol. The molecule has 2 aliphatic heterocycles. The number of anilines is 1. The third-order valence-electron chi connectivity index (χ3n) is 5.14. The van der Waals surface area contributed by atoms with E-state index in [0.29, 0.717) is 17.9 Å². The van der Waals surface area contributed by atoms with Crippen molar-refractivity contribution in [2.24, 2.45) is 5.41 Å². The third-order valence-corrected chi connectivity index (χ3v) is 5.14. The first-order valence-electron chi connectivity index (χ1n) is 10.1. The molecule has 1 fully saturated rings. The van der Waals surface area contributed by atoms with Crippen molar-refractivity contribution >= 4 is 23.8 Å². The van der Waals surface area contributed by atoms with E-state index in [1.165, 1.54) is 4.90 Å². The zero-order valence-electron chi connectivity index (χ0n) is 18.4. The average Bonchev–Trinajstić information content (AvgIpc) is 3.04. The van der Waals surface area contributed by atoms with Gasteiger partial charge in [-0.25, -0.2) is 9.59 Å². The summed E-state index contributed by atoms with van der Waals surface area (Å²) in [4.78, 5) is 40.6. The molecule has 0 bridgehead atoms. The molecule has 0 radical (unpaired) electrons. The fourth-order valence-corrected chi connectivity index (χ4v) is 3.55. The van der Waals surface area contributed by atoms with Crippen LogP contribution in [0.25, 0.3) is 0 Å². The molecule has 2 atom stereocenters. The van der Waals surface area contributed by atoms with Gasteiger partial charge in [-0.05, 0) is 41.5 Å². The minimum absolute atomic E-state index is 0.0499. The lowest BCUT2D eigenvalue weighted by Gasteiger charge is -2.39. The average molecular weight is 422 g/mol. The molecule has 30 heavy (non-hydrogen) atoms. The number of ether oxygens (including phenoxy) is 3. The van der Waals surface area contributed by atoms with E-state index in [0.717, 1.165) is 0 Å². The van der Waals surface area contributed by atoms with Crippen molar-refractivity contribution in [3.8, 4) is 0 Å². The number of nitrogens with zero attached hydrogens (tertiary/aromatic N) is 4. The molecular formula is C20H30N4O6. The Hall–Kier alpha value is -2.78. The van der Waals surface area contributed by atoms with Crippen LogP contribution in [0.4, 0.5) is 15.3 Å². The van der Waals surface area contributed by atoms with Gasteiger partial charge in [0.25, 0.3) is 0 Å². The summed E-state index contributed by atoms with van der Waals surface area (Å²) >= 11 is 0. The van der Waals surface area contributed by atoms with E-state index in [-0.39, 0.29) is 32.3 Å². The molecule has 0 aromatic carbocycles. The summed E-state index contributed by atoms with van der Waals surface area (Å²) in [7, 11) is 0. The van der Waals surface area contributed by atoms with Gasteiger partial charge in [-0.15, -0.1) is 0 Å². The van der Waals surface area contributed by atoms with Gasteiger partial charge in [0.1, 0.15) is 17.6 Å². The lowest BCUT2D eigenvalue weighted by Crippen LogP contribution is -2.53. The van der Waals surface area contributed by atoms with Crippen LogP contribution in [0.5, 0.6) is 0 Å². The van der Waals surface area contributed by atoms with Gasteiger partial charge in [-0.2, -0.15) is 5.10 Å². The topological polar surface area (TPSA) is 103 Å². The van der Waals surface area contributed by atoms with Crippen molar-refractivity contribution in [3.63, 3.8) is 0 Å². The Balaban J connectivity index is 1.87. The van der Waals surface area contributed by atoms with Crippen LogP contribution in [0.2, 0.25) is 0 Å². The molecule has 2 amide bonds. The van der Waals surface area contributed by atoms with Crippen molar-refractivity contribution < 1.29 is 28.6 Å². The summed E-state index contributed by atoms with van der Waals surface area (Å²) in [5, 5.41) is 4.39. The van der Waals surface area contributed by atoms with Gasteiger partial charge >= 0.3 is 18.2 Å². The van der Waals surface area contributed by atoms with E-state index in [4.69, 9.17) is 14.2 Å². The first-order chi connectivity index (χ1) is 13.9.